The second kappa shape index (κ2) is 5.40. The lowest BCUT2D eigenvalue weighted by Gasteiger charge is -2.12. The third-order valence-corrected chi connectivity index (χ3v) is 2.26. The van der Waals surface area contributed by atoms with Crippen molar-refractivity contribution in [3.05, 3.63) is 54.1 Å². The molecule has 0 bridgehead atoms. The van der Waals surface area contributed by atoms with E-state index in [1.165, 1.54) is 0 Å². The van der Waals surface area contributed by atoms with Crippen LogP contribution in [0.1, 0.15) is 30.0 Å². The summed E-state index contributed by atoms with van der Waals surface area (Å²) >= 11 is 0. The van der Waals surface area contributed by atoms with Crippen LogP contribution in [0.4, 0.5) is 0 Å². The third kappa shape index (κ3) is 2.71. The SMILES string of the molecule is CC(C)Oc1ccccc1C(=O)c1ncccn1. The quantitative estimate of drug-likeness (QED) is 0.773. The largest absolute Gasteiger partial charge is 0.490 e. The van der Waals surface area contributed by atoms with E-state index in [9.17, 15) is 4.79 Å². The van der Waals surface area contributed by atoms with Gasteiger partial charge in [0.15, 0.2) is 0 Å². The molecule has 0 aliphatic carbocycles. The zero-order valence-corrected chi connectivity index (χ0v) is 10.3. The third-order valence-electron chi connectivity index (χ3n) is 2.26. The van der Waals surface area contributed by atoms with Crippen LogP contribution in [-0.4, -0.2) is 21.9 Å². The first kappa shape index (κ1) is 12.2. The van der Waals surface area contributed by atoms with Gasteiger partial charge in [-0.15, -0.1) is 0 Å². The van der Waals surface area contributed by atoms with Crippen molar-refractivity contribution < 1.29 is 9.53 Å². The zero-order valence-electron chi connectivity index (χ0n) is 10.3. The van der Waals surface area contributed by atoms with Crippen LogP contribution in [-0.2, 0) is 0 Å². The smallest absolute Gasteiger partial charge is 0.233 e. The fraction of sp³-hybridized carbons (Fsp3) is 0.214. The van der Waals surface area contributed by atoms with E-state index < -0.39 is 0 Å². The molecule has 1 aromatic carbocycles. The molecule has 0 aliphatic rings. The highest BCUT2D eigenvalue weighted by Gasteiger charge is 2.16. The Hall–Kier alpha value is -2.23. The van der Waals surface area contributed by atoms with Crippen LogP contribution in [0.2, 0.25) is 0 Å². The summed E-state index contributed by atoms with van der Waals surface area (Å²) in [6, 6.07) is 8.80. The van der Waals surface area contributed by atoms with Crippen LogP contribution in [0.25, 0.3) is 0 Å². The minimum atomic E-state index is -0.230. The van der Waals surface area contributed by atoms with E-state index in [-0.39, 0.29) is 17.7 Å². The lowest BCUT2D eigenvalue weighted by molar-refractivity contribution is 0.102. The molecule has 2 aromatic rings. The van der Waals surface area contributed by atoms with Crippen molar-refractivity contribution in [2.45, 2.75) is 20.0 Å². The number of ketones is 1. The molecule has 0 atom stereocenters. The van der Waals surface area contributed by atoms with E-state index in [0.29, 0.717) is 11.3 Å². The van der Waals surface area contributed by atoms with E-state index in [4.69, 9.17) is 4.74 Å². The molecule has 0 radical (unpaired) electrons. The second-order valence-corrected chi connectivity index (χ2v) is 4.06. The van der Waals surface area contributed by atoms with Gasteiger partial charge < -0.3 is 4.74 Å². The molecule has 0 N–H and O–H groups in total. The van der Waals surface area contributed by atoms with Gasteiger partial charge in [0.1, 0.15) is 5.75 Å². The summed E-state index contributed by atoms with van der Waals surface area (Å²) in [5.74, 6) is 0.508. The van der Waals surface area contributed by atoms with Crippen molar-refractivity contribution >= 4 is 5.78 Å². The number of rotatable bonds is 4. The van der Waals surface area contributed by atoms with Crippen LogP contribution in [0.3, 0.4) is 0 Å². The molecule has 0 unspecified atom stereocenters. The number of hydrogen-bond acceptors (Lipinski definition) is 4. The van der Waals surface area contributed by atoms with Gasteiger partial charge in [-0.1, -0.05) is 12.1 Å². The standard InChI is InChI=1S/C14H14N2O2/c1-10(2)18-12-7-4-3-6-11(12)13(17)14-15-8-5-9-16-14/h3-10H,1-2H3. The minimum absolute atomic E-state index is 0.00985. The first-order chi connectivity index (χ1) is 8.68. The van der Waals surface area contributed by atoms with Crippen molar-refractivity contribution in [2.24, 2.45) is 0 Å². The lowest BCUT2D eigenvalue weighted by atomic mass is 10.1. The van der Waals surface area contributed by atoms with Crippen LogP contribution < -0.4 is 4.74 Å². The van der Waals surface area contributed by atoms with Gasteiger partial charge in [-0.05, 0) is 32.0 Å². The predicted octanol–water partition coefficient (Wildman–Crippen LogP) is 2.49. The van der Waals surface area contributed by atoms with Crippen molar-refractivity contribution in [2.75, 3.05) is 0 Å². The molecule has 1 heterocycles. The number of ether oxygens (including phenoxy) is 1. The van der Waals surface area contributed by atoms with Gasteiger partial charge in [0.2, 0.25) is 11.6 Å². The Balaban J connectivity index is 2.36. The first-order valence-electron chi connectivity index (χ1n) is 5.76. The summed E-state index contributed by atoms with van der Waals surface area (Å²) in [5.41, 5.74) is 0.484. The predicted molar refractivity (Wildman–Crippen MR) is 67.7 cm³/mol. The Bertz CT molecular complexity index is 539. The fourth-order valence-corrected chi connectivity index (χ4v) is 1.55. The molecule has 0 saturated heterocycles. The van der Waals surface area contributed by atoms with E-state index in [0.717, 1.165) is 0 Å². The van der Waals surface area contributed by atoms with Gasteiger partial charge in [-0.3, -0.25) is 4.79 Å². The zero-order chi connectivity index (χ0) is 13.0. The normalized spacial score (nSPS) is 10.4. The molecule has 4 nitrogen and oxygen atoms in total. The number of para-hydroxylation sites is 1. The summed E-state index contributed by atoms with van der Waals surface area (Å²) in [6.45, 7) is 3.83. The average Bonchev–Trinajstić information content (AvgIpc) is 2.39. The Labute approximate surface area is 106 Å². The molecule has 4 heteroatoms. The van der Waals surface area contributed by atoms with Crippen LogP contribution in [0.15, 0.2) is 42.7 Å². The van der Waals surface area contributed by atoms with Crippen LogP contribution in [0, 0.1) is 0 Å². The molecule has 1 aromatic heterocycles. The topological polar surface area (TPSA) is 52.1 Å². The molecule has 0 fully saturated rings. The molecule has 92 valence electrons. The maximum Gasteiger partial charge on any atom is 0.233 e. The molecule has 0 aliphatic heterocycles. The Morgan fingerprint density at radius 3 is 2.44 bits per heavy atom. The number of nitrogens with zero attached hydrogens (tertiary/aromatic N) is 2. The Kier molecular flexibility index (Phi) is 3.67. The Morgan fingerprint density at radius 2 is 1.78 bits per heavy atom. The van der Waals surface area contributed by atoms with Gasteiger partial charge in [-0.2, -0.15) is 0 Å². The van der Waals surface area contributed by atoms with Crippen LogP contribution >= 0.6 is 0 Å². The van der Waals surface area contributed by atoms with Gasteiger partial charge in [0.05, 0.1) is 11.7 Å². The summed E-state index contributed by atoms with van der Waals surface area (Å²) in [5, 5.41) is 0. The molecule has 0 saturated carbocycles. The van der Waals surface area contributed by atoms with E-state index in [1.54, 1.807) is 36.7 Å². The maximum atomic E-state index is 12.2. The summed E-state index contributed by atoms with van der Waals surface area (Å²) in [4.78, 5) is 20.2. The average molecular weight is 242 g/mol. The highest BCUT2D eigenvalue weighted by atomic mass is 16.5. The highest BCUT2D eigenvalue weighted by Crippen LogP contribution is 2.21. The van der Waals surface area contributed by atoms with Crippen molar-refractivity contribution in [3.63, 3.8) is 0 Å². The van der Waals surface area contributed by atoms with Crippen molar-refractivity contribution in [3.8, 4) is 5.75 Å². The number of carbonyl (C=O) groups is 1. The molecule has 2 rings (SSSR count). The number of benzene rings is 1. The molecule has 0 spiro atoms. The van der Waals surface area contributed by atoms with E-state index in [2.05, 4.69) is 9.97 Å². The van der Waals surface area contributed by atoms with Gasteiger partial charge in [-0.25, -0.2) is 9.97 Å². The molecule has 0 amide bonds. The van der Waals surface area contributed by atoms with Crippen molar-refractivity contribution in [1.29, 1.82) is 0 Å². The first-order valence-corrected chi connectivity index (χ1v) is 5.76. The summed E-state index contributed by atoms with van der Waals surface area (Å²) < 4.78 is 5.61. The molecule has 18 heavy (non-hydrogen) atoms. The lowest BCUT2D eigenvalue weighted by Crippen LogP contribution is -2.12. The number of aromatic nitrogens is 2. The summed E-state index contributed by atoms with van der Waals surface area (Å²) in [7, 11) is 0. The van der Waals surface area contributed by atoms with Gasteiger partial charge in [0.25, 0.3) is 0 Å². The number of carbonyl (C=O) groups excluding carboxylic acids is 1. The maximum absolute atomic E-state index is 12.2. The fourth-order valence-electron chi connectivity index (χ4n) is 1.55. The van der Waals surface area contributed by atoms with Gasteiger partial charge >= 0.3 is 0 Å². The Morgan fingerprint density at radius 1 is 1.11 bits per heavy atom. The molecular formula is C14H14N2O2. The minimum Gasteiger partial charge on any atom is -0.490 e. The number of hydrogen-bond donors (Lipinski definition) is 0. The van der Waals surface area contributed by atoms with E-state index >= 15 is 0 Å². The summed E-state index contributed by atoms with van der Waals surface area (Å²) in [6.07, 6.45) is 3.11. The second-order valence-electron chi connectivity index (χ2n) is 4.06. The molecular weight excluding hydrogens is 228 g/mol. The van der Waals surface area contributed by atoms with Crippen LogP contribution in [0.5, 0.6) is 5.75 Å². The van der Waals surface area contributed by atoms with E-state index in [1.807, 2.05) is 19.9 Å². The highest BCUT2D eigenvalue weighted by molar-refractivity contribution is 6.08. The van der Waals surface area contributed by atoms with Crippen molar-refractivity contribution in [1.82, 2.24) is 9.97 Å². The monoisotopic (exact) mass is 242 g/mol. The van der Waals surface area contributed by atoms with Gasteiger partial charge in [0, 0.05) is 12.4 Å².